The van der Waals surface area contributed by atoms with Gasteiger partial charge in [0.1, 0.15) is 11.6 Å². The molecule has 0 aliphatic heterocycles. The van der Waals surface area contributed by atoms with Crippen molar-refractivity contribution in [3.8, 4) is 5.75 Å². The van der Waals surface area contributed by atoms with Gasteiger partial charge in [0, 0.05) is 6.04 Å². The minimum absolute atomic E-state index is 0.0121. The highest BCUT2D eigenvalue weighted by molar-refractivity contribution is 5.39. The number of halogens is 3. The number of pyridine rings is 1. The van der Waals surface area contributed by atoms with E-state index in [0.29, 0.717) is 5.82 Å². The van der Waals surface area contributed by atoms with E-state index < -0.39 is 6.36 Å². The third-order valence-electron chi connectivity index (χ3n) is 1.70. The van der Waals surface area contributed by atoms with Gasteiger partial charge in [0.2, 0.25) is 0 Å². The second-order valence-electron chi connectivity index (χ2n) is 3.10. The van der Waals surface area contributed by atoms with Crippen molar-refractivity contribution in [1.82, 2.24) is 4.98 Å². The van der Waals surface area contributed by atoms with Crippen LogP contribution in [0.1, 0.15) is 6.92 Å². The molecular formula is C10H11F3N2O. The highest BCUT2D eigenvalue weighted by atomic mass is 19.4. The zero-order valence-electron chi connectivity index (χ0n) is 8.58. The van der Waals surface area contributed by atoms with E-state index >= 15 is 0 Å². The molecular weight excluding hydrogens is 221 g/mol. The lowest BCUT2D eigenvalue weighted by atomic mass is 10.3. The molecule has 1 unspecified atom stereocenters. The Morgan fingerprint density at radius 2 is 2.19 bits per heavy atom. The Hall–Kier alpha value is -1.72. The van der Waals surface area contributed by atoms with Gasteiger partial charge in [0.15, 0.2) is 0 Å². The standard InChI is InChI=1S/C10H11F3N2O/c1-3-7(2)15-9-5-4-8(6-14-9)16-10(11,12)13/h3-7H,1H2,2H3,(H,14,15). The molecule has 1 aromatic heterocycles. The predicted octanol–water partition coefficient (Wildman–Crippen LogP) is 2.97. The second kappa shape index (κ2) is 4.87. The summed E-state index contributed by atoms with van der Waals surface area (Å²) in [7, 11) is 0. The molecule has 16 heavy (non-hydrogen) atoms. The number of nitrogens with zero attached hydrogens (tertiary/aromatic N) is 1. The van der Waals surface area contributed by atoms with Crippen molar-refractivity contribution < 1.29 is 17.9 Å². The Morgan fingerprint density at radius 3 is 2.62 bits per heavy atom. The Morgan fingerprint density at radius 1 is 1.50 bits per heavy atom. The first-order valence-electron chi connectivity index (χ1n) is 4.51. The highest BCUT2D eigenvalue weighted by Crippen LogP contribution is 2.22. The van der Waals surface area contributed by atoms with E-state index in [-0.39, 0.29) is 11.8 Å². The second-order valence-corrected chi connectivity index (χ2v) is 3.10. The van der Waals surface area contributed by atoms with Gasteiger partial charge >= 0.3 is 6.36 Å². The molecule has 1 heterocycles. The van der Waals surface area contributed by atoms with Gasteiger partial charge in [-0.25, -0.2) is 4.98 Å². The van der Waals surface area contributed by atoms with Gasteiger partial charge < -0.3 is 10.1 Å². The summed E-state index contributed by atoms with van der Waals surface area (Å²) >= 11 is 0. The third kappa shape index (κ3) is 4.20. The summed E-state index contributed by atoms with van der Waals surface area (Å²) in [6.45, 7) is 5.40. The molecule has 0 saturated heterocycles. The zero-order chi connectivity index (χ0) is 12.2. The van der Waals surface area contributed by atoms with Gasteiger partial charge in [-0.2, -0.15) is 0 Å². The molecule has 0 radical (unpaired) electrons. The Labute approximate surface area is 90.9 Å². The number of hydrogen-bond acceptors (Lipinski definition) is 3. The summed E-state index contributed by atoms with van der Waals surface area (Å²) in [6.07, 6.45) is -2.03. The minimum Gasteiger partial charge on any atom is -0.404 e. The third-order valence-corrected chi connectivity index (χ3v) is 1.70. The fraction of sp³-hybridized carbons (Fsp3) is 0.300. The molecule has 0 fully saturated rings. The smallest absolute Gasteiger partial charge is 0.404 e. The van der Waals surface area contributed by atoms with Crippen LogP contribution in [0.25, 0.3) is 0 Å². The molecule has 0 spiro atoms. The summed E-state index contributed by atoms with van der Waals surface area (Å²) in [5, 5.41) is 2.92. The first-order valence-corrected chi connectivity index (χ1v) is 4.51. The lowest BCUT2D eigenvalue weighted by Crippen LogP contribution is -2.17. The molecule has 1 aromatic rings. The van der Waals surface area contributed by atoms with E-state index in [4.69, 9.17) is 0 Å². The van der Waals surface area contributed by atoms with Crippen molar-refractivity contribution in [2.45, 2.75) is 19.3 Å². The lowest BCUT2D eigenvalue weighted by molar-refractivity contribution is -0.274. The van der Waals surface area contributed by atoms with Crippen LogP contribution in [0, 0.1) is 0 Å². The van der Waals surface area contributed by atoms with Gasteiger partial charge in [-0.15, -0.1) is 19.8 Å². The molecule has 0 aliphatic rings. The number of nitrogens with one attached hydrogen (secondary N) is 1. The Balaban J connectivity index is 2.64. The molecule has 0 saturated carbocycles. The van der Waals surface area contributed by atoms with Gasteiger partial charge in [0.25, 0.3) is 0 Å². The van der Waals surface area contributed by atoms with Gasteiger partial charge in [-0.3, -0.25) is 0 Å². The molecule has 0 aliphatic carbocycles. The van der Waals surface area contributed by atoms with Crippen molar-refractivity contribution in [2.75, 3.05) is 5.32 Å². The molecule has 3 nitrogen and oxygen atoms in total. The molecule has 0 amide bonds. The summed E-state index contributed by atoms with van der Waals surface area (Å²) in [5.41, 5.74) is 0. The van der Waals surface area contributed by atoms with Crippen LogP contribution in [0.5, 0.6) is 5.75 Å². The maximum absolute atomic E-state index is 11.8. The Kier molecular flexibility index (Phi) is 3.76. The molecule has 1 N–H and O–H groups in total. The van der Waals surface area contributed by atoms with Crippen LogP contribution in [0.2, 0.25) is 0 Å². The number of alkyl halides is 3. The summed E-state index contributed by atoms with van der Waals surface area (Å²) in [4.78, 5) is 3.77. The fourth-order valence-corrected chi connectivity index (χ4v) is 0.952. The maximum atomic E-state index is 11.8. The number of ether oxygens (including phenoxy) is 1. The van der Waals surface area contributed by atoms with Crippen LogP contribution >= 0.6 is 0 Å². The number of anilines is 1. The van der Waals surface area contributed by atoms with E-state index in [0.717, 1.165) is 6.20 Å². The van der Waals surface area contributed by atoms with Gasteiger partial charge in [-0.05, 0) is 19.1 Å². The average molecular weight is 232 g/mol. The normalized spacial score (nSPS) is 13.0. The summed E-state index contributed by atoms with van der Waals surface area (Å²) in [5.74, 6) is 0.117. The van der Waals surface area contributed by atoms with Crippen LogP contribution in [0.15, 0.2) is 31.0 Å². The van der Waals surface area contributed by atoms with Crippen molar-refractivity contribution >= 4 is 5.82 Å². The van der Waals surface area contributed by atoms with E-state index in [1.165, 1.54) is 12.1 Å². The molecule has 0 aromatic carbocycles. The largest absolute Gasteiger partial charge is 0.573 e. The molecule has 0 bridgehead atoms. The van der Waals surface area contributed by atoms with E-state index in [9.17, 15) is 13.2 Å². The number of hydrogen-bond donors (Lipinski definition) is 1. The molecule has 1 atom stereocenters. The maximum Gasteiger partial charge on any atom is 0.573 e. The quantitative estimate of drug-likeness (QED) is 0.810. The van der Waals surface area contributed by atoms with Gasteiger partial charge in [0.05, 0.1) is 6.20 Å². The van der Waals surface area contributed by atoms with E-state index in [1.807, 2.05) is 6.92 Å². The van der Waals surface area contributed by atoms with Crippen molar-refractivity contribution in [2.24, 2.45) is 0 Å². The summed E-state index contributed by atoms with van der Waals surface area (Å²) < 4.78 is 39.2. The van der Waals surface area contributed by atoms with Crippen molar-refractivity contribution in [3.05, 3.63) is 31.0 Å². The molecule has 88 valence electrons. The van der Waals surface area contributed by atoms with Gasteiger partial charge in [-0.1, -0.05) is 6.08 Å². The van der Waals surface area contributed by atoms with Crippen LogP contribution in [-0.4, -0.2) is 17.4 Å². The van der Waals surface area contributed by atoms with Crippen molar-refractivity contribution in [3.63, 3.8) is 0 Å². The number of rotatable bonds is 4. The van der Waals surface area contributed by atoms with Crippen LogP contribution in [0.3, 0.4) is 0 Å². The first-order chi connectivity index (χ1) is 7.40. The van der Waals surface area contributed by atoms with E-state index in [1.54, 1.807) is 6.08 Å². The topological polar surface area (TPSA) is 34.1 Å². The monoisotopic (exact) mass is 232 g/mol. The Bertz CT molecular complexity index is 348. The van der Waals surface area contributed by atoms with E-state index in [2.05, 4.69) is 21.6 Å². The fourth-order valence-electron chi connectivity index (χ4n) is 0.952. The van der Waals surface area contributed by atoms with Crippen LogP contribution in [0.4, 0.5) is 19.0 Å². The SMILES string of the molecule is C=CC(C)Nc1ccc(OC(F)(F)F)cn1. The molecule has 6 heteroatoms. The van der Waals surface area contributed by atoms with Crippen LogP contribution < -0.4 is 10.1 Å². The predicted molar refractivity (Wildman–Crippen MR) is 54.2 cm³/mol. The minimum atomic E-state index is -4.69. The first kappa shape index (κ1) is 12.4. The highest BCUT2D eigenvalue weighted by Gasteiger charge is 2.31. The lowest BCUT2D eigenvalue weighted by Gasteiger charge is -2.11. The number of aromatic nitrogens is 1. The zero-order valence-corrected chi connectivity index (χ0v) is 8.58. The molecule has 1 rings (SSSR count). The summed E-state index contributed by atoms with van der Waals surface area (Å²) in [6, 6.07) is 2.58. The van der Waals surface area contributed by atoms with Crippen LogP contribution in [-0.2, 0) is 0 Å². The average Bonchev–Trinajstić information content (AvgIpc) is 2.18. The van der Waals surface area contributed by atoms with Crippen molar-refractivity contribution in [1.29, 1.82) is 0 Å².